The Kier molecular flexibility index (Phi) is 4.72. The standard InChI is InChI=1S/C22H22F4/c1-4-14-7-9-16(17(12-14)19-6-5-11-21(19,2)3)18-13-15(22(24,25)26)8-10-20(18)23/h6-10,12-13H,4-5,11H2,1-3H3. The second-order valence-electron chi connectivity index (χ2n) is 7.47. The molecule has 3 rings (SSSR count). The highest BCUT2D eigenvalue weighted by Crippen LogP contribution is 2.47. The van der Waals surface area contributed by atoms with Gasteiger partial charge in [0.2, 0.25) is 0 Å². The molecule has 0 atom stereocenters. The average Bonchev–Trinajstić information content (AvgIpc) is 2.93. The van der Waals surface area contributed by atoms with Gasteiger partial charge in [-0.3, -0.25) is 0 Å². The monoisotopic (exact) mass is 362 g/mol. The zero-order chi connectivity index (χ0) is 19.1. The summed E-state index contributed by atoms with van der Waals surface area (Å²) in [5.41, 5.74) is 2.61. The molecule has 0 amide bonds. The van der Waals surface area contributed by atoms with E-state index in [0.29, 0.717) is 5.56 Å². The van der Waals surface area contributed by atoms with Gasteiger partial charge >= 0.3 is 6.18 Å². The fourth-order valence-corrected chi connectivity index (χ4v) is 3.64. The second-order valence-corrected chi connectivity index (χ2v) is 7.47. The van der Waals surface area contributed by atoms with E-state index in [2.05, 4.69) is 19.9 Å². The van der Waals surface area contributed by atoms with Gasteiger partial charge in [-0.05, 0) is 65.1 Å². The molecule has 26 heavy (non-hydrogen) atoms. The molecule has 0 fully saturated rings. The third-order valence-electron chi connectivity index (χ3n) is 5.21. The van der Waals surface area contributed by atoms with Gasteiger partial charge in [0.05, 0.1) is 5.56 Å². The van der Waals surface area contributed by atoms with Gasteiger partial charge < -0.3 is 0 Å². The van der Waals surface area contributed by atoms with Crippen molar-refractivity contribution in [1.29, 1.82) is 0 Å². The highest BCUT2D eigenvalue weighted by molar-refractivity contribution is 5.85. The van der Waals surface area contributed by atoms with E-state index < -0.39 is 17.6 Å². The second kappa shape index (κ2) is 6.57. The molecule has 0 nitrogen and oxygen atoms in total. The van der Waals surface area contributed by atoms with E-state index in [0.717, 1.165) is 54.2 Å². The number of hydrogen-bond donors (Lipinski definition) is 0. The first kappa shape index (κ1) is 18.7. The number of rotatable bonds is 3. The van der Waals surface area contributed by atoms with Crippen molar-refractivity contribution in [2.75, 3.05) is 0 Å². The summed E-state index contributed by atoms with van der Waals surface area (Å²) in [6, 6.07) is 8.22. The summed E-state index contributed by atoms with van der Waals surface area (Å²) in [6.45, 7) is 6.27. The van der Waals surface area contributed by atoms with Gasteiger partial charge in [-0.15, -0.1) is 0 Å². The molecule has 4 heteroatoms. The van der Waals surface area contributed by atoms with Gasteiger partial charge in [-0.25, -0.2) is 4.39 Å². The van der Waals surface area contributed by atoms with Gasteiger partial charge in [0, 0.05) is 5.56 Å². The van der Waals surface area contributed by atoms with Gasteiger partial charge in [-0.1, -0.05) is 45.0 Å². The molecule has 0 heterocycles. The Hall–Kier alpha value is -2.10. The lowest BCUT2D eigenvalue weighted by molar-refractivity contribution is -0.137. The van der Waals surface area contributed by atoms with E-state index >= 15 is 0 Å². The highest BCUT2D eigenvalue weighted by atomic mass is 19.4. The van der Waals surface area contributed by atoms with Crippen LogP contribution in [0.1, 0.15) is 50.3 Å². The van der Waals surface area contributed by atoms with Crippen LogP contribution in [0.25, 0.3) is 16.7 Å². The maximum Gasteiger partial charge on any atom is 0.416 e. The Morgan fingerprint density at radius 2 is 1.69 bits per heavy atom. The van der Waals surface area contributed by atoms with Gasteiger partial charge in [0.15, 0.2) is 0 Å². The number of benzene rings is 2. The summed E-state index contributed by atoms with van der Waals surface area (Å²) in [5.74, 6) is -0.639. The molecule has 1 aliphatic rings. The SMILES string of the molecule is CCc1ccc(-c2cc(C(F)(F)F)ccc2F)c(C2=CCCC2(C)C)c1. The van der Waals surface area contributed by atoms with Crippen LogP contribution in [0.15, 0.2) is 42.5 Å². The smallest absolute Gasteiger partial charge is 0.206 e. The molecule has 2 aromatic carbocycles. The number of hydrogen-bond acceptors (Lipinski definition) is 0. The number of alkyl halides is 3. The van der Waals surface area contributed by atoms with E-state index in [4.69, 9.17) is 0 Å². The van der Waals surface area contributed by atoms with Crippen LogP contribution in [0.3, 0.4) is 0 Å². The normalized spacial score (nSPS) is 16.7. The van der Waals surface area contributed by atoms with Crippen molar-refractivity contribution in [2.45, 2.75) is 46.2 Å². The molecule has 0 saturated heterocycles. The van der Waals surface area contributed by atoms with E-state index in [-0.39, 0.29) is 11.0 Å². The molecule has 0 aliphatic heterocycles. The van der Waals surface area contributed by atoms with E-state index in [9.17, 15) is 17.6 Å². The minimum absolute atomic E-state index is 0.000998. The maximum atomic E-state index is 14.5. The first-order valence-corrected chi connectivity index (χ1v) is 8.84. The Bertz CT molecular complexity index is 857. The number of allylic oxidation sites excluding steroid dienone is 2. The predicted octanol–water partition coefficient (Wildman–Crippen LogP) is 7.28. The first-order chi connectivity index (χ1) is 12.1. The number of halogens is 4. The van der Waals surface area contributed by atoms with E-state index in [1.165, 1.54) is 0 Å². The van der Waals surface area contributed by atoms with Gasteiger partial charge in [-0.2, -0.15) is 13.2 Å². The average molecular weight is 362 g/mol. The topological polar surface area (TPSA) is 0 Å². The van der Waals surface area contributed by atoms with Crippen LogP contribution < -0.4 is 0 Å². The van der Waals surface area contributed by atoms with Crippen LogP contribution in [-0.4, -0.2) is 0 Å². The molecule has 0 N–H and O–H groups in total. The quantitative estimate of drug-likeness (QED) is 0.503. The molecule has 0 spiro atoms. The lowest BCUT2D eigenvalue weighted by atomic mass is 9.79. The van der Waals surface area contributed by atoms with Crippen LogP contribution in [0.4, 0.5) is 17.6 Å². The van der Waals surface area contributed by atoms with Crippen molar-refractivity contribution in [3.8, 4) is 11.1 Å². The van der Waals surface area contributed by atoms with Crippen molar-refractivity contribution >= 4 is 5.57 Å². The third kappa shape index (κ3) is 3.42. The zero-order valence-corrected chi connectivity index (χ0v) is 15.2. The summed E-state index contributed by atoms with van der Waals surface area (Å²) >= 11 is 0. The Morgan fingerprint density at radius 3 is 2.27 bits per heavy atom. The summed E-state index contributed by atoms with van der Waals surface area (Å²) in [5, 5.41) is 0. The molecule has 0 aromatic heterocycles. The third-order valence-corrected chi connectivity index (χ3v) is 5.21. The highest BCUT2D eigenvalue weighted by Gasteiger charge is 2.33. The molecule has 1 aliphatic carbocycles. The van der Waals surface area contributed by atoms with Crippen molar-refractivity contribution in [2.24, 2.45) is 5.41 Å². The fraction of sp³-hybridized carbons (Fsp3) is 0.364. The Morgan fingerprint density at radius 1 is 0.962 bits per heavy atom. The largest absolute Gasteiger partial charge is 0.416 e. The Labute approximate surface area is 151 Å². The summed E-state index contributed by atoms with van der Waals surface area (Å²) < 4.78 is 53.9. The van der Waals surface area contributed by atoms with Crippen LogP contribution in [-0.2, 0) is 12.6 Å². The lowest BCUT2D eigenvalue weighted by Crippen LogP contribution is -2.10. The summed E-state index contributed by atoms with van der Waals surface area (Å²) in [6.07, 6.45) is 0.333. The Balaban J connectivity index is 2.24. The maximum absolute atomic E-state index is 14.5. The minimum Gasteiger partial charge on any atom is -0.206 e. The summed E-state index contributed by atoms with van der Waals surface area (Å²) in [7, 11) is 0. The van der Waals surface area contributed by atoms with Crippen LogP contribution in [0, 0.1) is 11.2 Å². The van der Waals surface area contributed by atoms with Crippen LogP contribution in [0.2, 0.25) is 0 Å². The minimum atomic E-state index is -4.50. The summed E-state index contributed by atoms with van der Waals surface area (Å²) in [4.78, 5) is 0. The van der Waals surface area contributed by atoms with E-state index in [1.807, 2.05) is 19.1 Å². The zero-order valence-electron chi connectivity index (χ0n) is 15.2. The van der Waals surface area contributed by atoms with Gasteiger partial charge in [0.1, 0.15) is 5.82 Å². The molecule has 0 saturated carbocycles. The molecule has 0 radical (unpaired) electrons. The molecule has 138 valence electrons. The van der Waals surface area contributed by atoms with Crippen LogP contribution >= 0.6 is 0 Å². The number of aryl methyl sites for hydroxylation is 1. The molecular formula is C22H22F4. The van der Waals surface area contributed by atoms with Crippen molar-refractivity contribution in [3.63, 3.8) is 0 Å². The molecule has 0 unspecified atom stereocenters. The van der Waals surface area contributed by atoms with Crippen molar-refractivity contribution in [3.05, 3.63) is 65.0 Å². The molecular weight excluding hydrogens is 340 g/mol. The van der Waals surface area contributed by atoms with Crippen molar-refractivity contribution < 1.29 is 17.6 Å². The fourth-order valence-electron chi connectivity index (χ4n) is 3.64. The van der Waals surface area contributed by atoms with Crippen LogP contribution in [0.5, 0.6) is 0 Å². The molecule has 0 bridgehead atoms. The lowest BCUT2D eigenvalue weighted by Gasteiger charge is -2.25. The molecule has 2 aromatic rings. The van der Waals surface area contributed by atoms with Crippen molar-refractivity contribution in [1.82, 2.24) is 0 Å². The predicted molar refractivity (Wildman–Crippen MR) is 97.2 cm³/mol. The van der Waals surface area contributed by atoms with E-state index in [1.54, 1.807) is 6.07 Å². The van der Waals surface area contributed by atoms with Gasteiger partial charge in [0.25, 0.3) is 0 Å². The first-order valence-electron chi connectivity index (χ1n) is 8.84.